The maximum Gasteiger partial charge on any atom is 0.0455 e. The molecule has 0 radical (unpaired) electrons. The topological polar surface area (TPSA) is 24.9 Å². The van der Waals surface area contributed by atoms with Gasteiger partial charge in [0.05, 0.1) is 0 Å². The largest absolute Gasteiger partial charge is 0.381 e. The van der Waals surface area contributed by atoms with Crippen LogP contribution in [0.1, 0.15) is 11.1 Å². The molecule has 0 amide bonds. The molecule has 100 valence electrons. The second-order valence-electron chi connectivity index (χ2n) is 4.79. The molecule has 1 heterocycles. The lowest BCUT2D eigenvalue weighted by molar-refractivity contribution is 1.13. The van der Waals surface area contributed by atoms with Gasteiger partial charge in [0.2, 0.25) is 0 Å². The SMILES string of the molecule is Cc1c(Cl)cccc1NCc1cncc2ccccc12. The molecule has 3 heteroatoms. The van der Waals surface area contributed by atoms with Crippen LogP contribution in [0.25, 0.3) is 10.8 Å². The molecule has 0 aliphatic heterocycles. The smallest absolute Gasteiger partial charge is 0.0455 e. The standard InChI is InChI=1S/C17H15ClN2/c1-12-16(18)7-4-8-17(12)20-11-14-10-19-9-13-5-2-3-6-15(13)14/h2-10,20H,11H2,1H3. The van der Waals surface area contributed by atoms with Gasteiger partial charge in [0.1, 0.15) is 0 Å². The van der Waals surface area contributed by atoms with Crippen molar-refractivity contribution >= 4 is 28.1 Å². The fraction of sp³-hybridized carbons (Fsp3) is 0.118. The summed E-state index contributed by atoms with van der Waals surface area (Å²) in [6.07, 6.45) is 3.80. The summed E-state index contributed by atoms with van der Waals surface area (Å²) in [5, 5.41) is 6.61. The Labute approximate surface area is 123 Å². The van der Waals surface area contributed by atoms with Gasteiger partial charge in [-0.3, -0.25) is 4.98 Å². The average molecular weight is 283 g/mol. The molecule has 0 aliphatic carbocycles. The number of benzene rings is 2. The summed E-state index contributed by atoms with van der Waals surface area (Å²) in [4.78, 5) is 4.30. The summed E-state index contributed by atoms with van der Waals surface area (Å²) in [5.41, 5.74) is 3.32. The average Bonchev–Trinajstić information content (AvgIpc) is 2.49. The van der Waals surface area contributed by atoms with Crippen LogP contribution >= 0.6 is 11.6 Å². The third kappa shape index (κ3) is 2.47. The number of rotatable bonds is 3. The Balaban J connectivity index is 1.89. The van der Waals surface area contributed by atoms with E-state index in [-0.39, 0.29) is 0 Å². The first-order valence-corrected chi connectivity index (χ1v) is 6.94. The number of nitrogens with one attached hydrogen (secondary N) is 1. The number of pyridine rings is 1. The van der Waals surface area contributed by atoms with Crippen molar-refractivity contribution in [2.45, 2.75) is 13.5 Å². The summed E-state index contributed by atoms with van der Waals surface area (Å²) in [5.74, 6) is 0. The van der Waals surface area contributed by atoms with Gasteiger partial charge < -0.3 is 5.32 Å². The second-order valence-corrected chi connectivity index (χ2v) is 5.19. The molecule has 2 nitrogen and oxygen atoms in total. The Morgan fingerprint density at radius 1 is 1.05 bits per heavy atom. The molecule has 0 unspecified atom stereocenters. The molecular formula is C17H15ClN2. The lowest BCUT2D eigenvalue weighted by Crippen LogP contribution is -2.02. The van der Waals surface area contributed by atoms with Crippen LogP contribution in [-0.4, -0.2) is 4.98 Å². The van der Waals surface area contributed by atoms with E-state index in [2.05, 4.69) is 28.5 Å². The first kappa shape index (κ1) is 12.9. The third-order valence-electron chi connectivity index (χ3n) is 3.49. The van der Waals surface area contributed by atoms with Crippen molar-refractivity contribution in [3.05, 3.63) is 71.0 Å². The van der Waals surface area contributed by atoms with Gasteiger partial charge in [-0.2, -0.15) is 0 Å². The molecule has 0 aliphatic rings. The van der Waals surface area contributed by atoms with Crippen molar-refractivity contribution in [2.75, 3.05) is 5.32 Å². The van der Waals surface area contributed by atoms with Crippen LogP contribution in [0, 0.1) is 6.92 Å². The Morgan fingerprint density at radius 2 is 1.90 bits per heavy atom. The molecule has 3 aromatic rings. The Hall–Kier alpha value is -2.06. The molecular weight excluding hydrogens is 268 g/mol. The molecule has 20 heavy (non-hydrogen) atoms. The highest BCUT2D eigenvalue weighted by atomic mass is 35.5. The van der Waals surface area contributed by atoms with E-state index in [4.69, 9.17) is 11.6 Å². The summed E-state index contributed by atoms with van der Waals surface area (Å²) >= 11 is 6.14. The second kappa shape index (κ2) is 5.51. The quantitative estimate of drug-likeness (QED) is 0.746. The zero-order valence-electron chi connectivity index (χ0n) is 11.2. The van der Waals surface area contributed by atoms with Crippen molar-refractivity contribution in [1.29, 1.82) is 0 Å². The van der Waals surface area contributed by atoms with E-state index < -0.39 is 0 Å². The zero-order valence-corrected chi connectivity index (χ0v) is 12.0. The van der Waals surface area contributed by atoms with E-state index in [1.807, 2.05) is 43.6 Å². The number of anilines is 1. The van der Waals surface area contributed by atoms with Gasteiger partial charge in [0, 0.05) is 35.0 Å². The molecule has 0 saturated heterocycles. The lowest BCUT2D eigenvalue weighted by Gasteiger charge is -2.12. The lowest BCUT2D eigenvalue weighted by atomic mass is 10.1. The third-order valence-corrected chi connectivity index (χ3v) is 3.90. The molecule has 1 N–H and O–H groups in total. The summed E-state index contributed by atoms with van der Waals surface area (Å²) in [6, 6.07) is 14.2. The number of nitrogens with zero attached hydrogens (tertiary/aromatic N) is 1. The maximum absolute atomic E-state index is 6.14. The first-order valence-electron chi connectivity index (χ1n) is 6.56. The predicted octanol–water partition coefficient (Wildman–Crippen LogP) is 4.81. The minimum atomic E-state index is 0.732. The molecule has 3 rings (SSSR count). The maximum atomic E-state index is 6.14. The van der Waals surface area contributed by atoms with Crippen molar-refractivity contribution < 1.29 is 0 Å². The van der Waals surface area contributed by atoms with Crippen molar-refractivity contribution in [1.82, 2.24) is 4.98 Å². The van der Waals surface area contributed by atoms with E-state index in [0.29, 0.717) is 0 Å². The van der Waals surface area contributed by atoms with E-state index in [9.17, 15) is 0 Å². The number of hydrogen-bond acceptors (Lipinski definition) is 2. The van der Waals surface area contributed by atoms with E-state index in [1.54, 1.807) is 0 Å². The summed E-state index contributed by atoms with van der Waals surface area (Å²) in [7, 11) is 0. The highest BCUT2D eigenvalue weighted by Gasteiger charge is 2.04. The zero-order chi connectivity index (χ0) is 13.9. The fourth-order valence-corrected chi connectivity index (χ4v) is 2.48. The molecule has 2 aromatic carbocycles. The minimum absolute atomic E-state index is 0.732. The van der Waals surface area contributed by atoms with Crippen molar-refractivity contribution in [3.8, 4) is 0 Å². The molecule has 0 bridgehead atoms. The molecule has 0 fully saturated rings. The fourth-order valence-electron chi connectivity index (χ4n) is 2.31. The van der Waals surface area contributed by atoms with Crippen LogP contribution < -0.4 is 5.32 Å². The Bertz CT molecular complexity index is 748. The van der Waals surface area contributed by atoms with Crippen LogP contribution in [0.15, 0.2) is 54.9 Å². The van der Waals surface area contributed by atoms with Crippen LogP contribution in [0.4, 0.5) is 5.69 Å². The predicted molar refractivity (Wildman–Crippen MR) is 85.3 cm³/mol. The monoisotopic (exact) mass is 282 g/mol. The Kier molecular flexibility index (Phi) is 3.57. The van der Waals surface area contributed by atoms with Gasteiger partial charge in [-0.05, 0) is 35.6 Å². The van der Waals surface area contributed by atoms with Gasteiger partial charge in [-0.1, -0.05) is 41.9 Å². The highest BCUT2D eigenvalue weighted by molar-refractivity contribution is 6.31. The molecule has 0 atom stereocenters. The van der Waals surface area contributed by atoms with Crippen LogP contribution in [-0.2, 0) is 6.54 Å². The molecule has 0 spiro atoms. The highest BCUT2D eigenvalue weighted by Crippen LogP contribution is 2.24. The van der Waals surface area contributed by atoms with E-state index >= 15 is 0 Å². The number of hydrogen-bond donors (Lipinski definition) is 1. The van der Waals surface area contributed by atoms with E-state index in [0.717, 1.165) is 28.2 Å². The van der Waals surface area contributed by atoms with Crippen LogP contribution in [0.3, 0.4) is 0 Å². The summed E-state index contributed by atoms with van der Waals surface area (Å²) in [6.45, 7) is 2.75. The van der Waals surface area contributed by atoms with Crippen LogP contribution in [0.2, 0.25) is 5.02 Å². The van der Waals surface area contributed by atoms with Gasteiger partial charge in [0.25, 0.3) is 0 Å². The van der Waals surface area contributed by atoms with Crippen molar-refractivity contribution in [2.24, 2.45) is 0 Å². The normalized spacial score (nSPS) is 10.7. The number of fused-ring (bicyclic) bond motifs is 1. The Morgan fingerprint density at radius 3 is 2.80 bits per heavy atom. The first-order chi connectivity index (χ1) is 9.75. The van der Waals surface area contributed by atoms with Gasteiger partial charge >= 0.3 is 0 Å². The van der Waals surface area contributed by atoms with Crippen molar-refractivity contribution in [3.63, 3.8) is 0 Å². The molecule has 1 aromatic heterocycles. The van der Waals surface area contributed by atoms with E-state index in [1.165, 1.54) is 10.9 Å². The van der Waals surface area contributed by atoms with Crippen LogP contribution in [0.5, 0.6) is 0 Å². The number of aromatic nitrogens is 1. The number of halogens is 1. The molecule has 0 saturated carbocycles. The minimum Gasteiger partial charge on any atom is -0.381 e. The van der Waals surface area contributed by atoms with Gasteiger partial charge in [-0.15, -0.1) is 0 Å². The summed E-state index contributed by atoms with van der Waals surface area (Å²) < 4.78 is 0. The van der Waals surface area contributed by atoms with Gasteiger partial charge in [-0.25, -0.2) is 0 Å². The van der Waals surface area contributed by atoms with Gasteiger partial charge in [0.15, 0.2) is 0 Å².